The zero-order valence-corrected chi connectivity index (χ0v) is 9.28. The second-order valence-electron chi connectivity index (χ2n) is 3.60. The molecule has 0 bridgehead atoms. The molecule has 0 saturated heterocycles. The molecule has 3 aromatic rings. The van der Waals surface area contributed by atoms with E-state index in [-0.39, 0.29) is 0 Å². The molecule has 0 fully saturated rings. The monoisotopic (exact) mass is 227 g/mol. The molecule has 0 N–H and O–H groups in total. The van der Waals surface area contributed by atoms with E-state index >= 15 is 0 Å². The summed E-state index contributed by atoms with van der Waals surface area (Å²) in [5, 5.41) is 5.29. The molecule has 16 heavy (non-hydrogen) atoms. The van der Waals surface area contributed by atoms with Crippen LogP contribution in [0.25, 0.3) is 16.6 Å². The van der Waals surface area contributed by atoms with Crippen molar-refractivity contribution >= 4 is 28.5 Å². The van der Waals surface area contributed by atoms with Crippen LogP contribution < -0.4 is 0 Å². The highest BCUT2D eigenvalue weighted by Crippen LogP contribution is 2.22. The van der Waals surface area contributed by atoms with Gasteiger partial charge in [-0.25, -0.2) is 0 Å². The van der Waals surface area contributed by atoms with Gasteiger partial charge < -0.3 is 4.57 Å². The van der Waals surface area contributed by atoms with Crippen molar-refractivity contribution in [3.63, 3.8) is 0 Å². The molecule has 2 heterocycles. The minimum Gasteiger partial charge on any atom is -0.316 e. The van der Waals surface area contributed by atoms with E-state index in [4.69, 9.17) is 0 Å². The Kier molecular flexibility index (Phi) is 2.11. The van der Waals surface area contributed by atoms with Gasteiger partial charge in [-0.2, -0.15) is 11.3 Å². The standard InChI is InChI=1S/C13H9NOS/c15-8-10-1-2-11-3-5-14(13(11)7-10)12-4-6-16-9-12/h1-9H. The molecule has 0 saturated carbocycles. The summed E-state index contributed by atoms with van der Waals surface area (Å²) >= 11 is 1.67. The van der Waals surface area contributed by atoms with E-state index in [1.54, 1.807) is 11.3 Å². The fourth-order valence-corrected chi connectivity index (χ4v) is 2.47. The van der Waals surface area contributed by atoms with E-state index in [1.165, 1.54) is 0 Å². The minimum absolute atomic E-state index is 0.711. The number of nitrogens with zero attached hydrogens (tertiary/aromatic N) is 1. The first-order chi connectivity index (χ1) is 7.88. The summed E-state index contributed by atoms with van der Waals surface area (Å²) in [5.41, 5.74) is 2.92. The zero-order valence-electron chi connectivity index (χ0n) is 8.46. The second-order valence-corrected chi connectivity index (χ2v) is 4.38. The second kappa shape index (κ2) is 3.61. The Morgan fingerprint density at radius 1 is 1.19 bits per heavy atom. The van der Waals surface area contributed by atoms with Crippen molar-refractivity contribution in [2.75, 3.05) is 0 Å². The number of hydrogen-bond acceptors (Lipinski definition) is 2. The van der Waals surface area contributed by atoms with Gasteiger partial charge in [0.1, 0.15) is 6.29 Å². The summed E-state index contributed by atoms with van der Waals surface area (Å²) in [6.07, 6.45) is 2.91. The van der Waals surface area contributed by atoms with Crippen LogP contribution in [0.2, 0.25) is 0 Å². The van der Waals surface area contributed by atoms with Crippen LogP contribution in [-0.2, 0) is 0 Å². The molecule has 0 aliphatic carbocycles. The topological polar surface area (TPSA) is 22.0 Å². The van der Waals surface area contributed by atoms with E-state index in [9.17, 15) is 4.79 Å². The molecular weight excluding hydrogens is 218 g/mol. The number of aldehydes is 1. The molecule has 2 aromatic heterocycles. The minimum atomic E-state index is 0.711. The van der Waals surface area contributed by atoms with Crippen LogP contribution in [-0.4, -0.2) is 10.9 Å². The maximum Gasteiger partial charge on any atom is 0.150 e. The van der Waals surface area contributed by atoms with Gasteiger partial charge in [0.2, 0.25) is 0 Å². The Hall–Kier alpha value is -1.87. The number of benzene rings is 1. The SMILES string of the molecule is O=Cc1ccc2ccn(-c3ccsc3)c2c1. The predicted octanol–water partition coefficient (Wildman–Crippen LogP) is 3.50. The van der Waals surface area contributed by atoms with E-state index in [0.717, 1.165) is 22.9 Å². The van der Waals surface area contributed by atoms with E-state index in [1.807, 2.05) is 29.8 Å². The lowest BCUT2D eigenvalue weighted by Crippen LogP contribution is -1.89. The van der Waals surface area contributed by atoms with Crippen molar-refractivity contribution in [2.24, 2.45) is 0 Å². The molecule has 0 aliphatic heterocycles. The Bertz CT molecular complexity index is 637. The molecule has 1 aromatic carbocycles. The summed E-state index contributed by atoms with van der Waals surface area (Å²) < 4.78 is 2.10. The highest BCUT2D eigenvalue weighted by atomic mass is 32.1. The lowest BCUT2D eigenvalue weighted by atomic mass is 10.2. The third kappa shape index (κ3) is 1.37. The van der Waals surface area contributed by atoms with Crippen molar-refractivity contribution < 1.29 is 4.79 Å². The average molecular weight is 227 g/mol. The predicted molar refractivity (Wildman–Crippen MR) is 66.5 cm³/mol. The molecule has 0 amide bonds. The van der Waals surface area contributed by atoms with Gasteiger partial charge in [-0.15, -0.1) is 0 Å². The third-order valence-corrected chi connectivity index (χ3v) is 3.31. The quantitative estimate of drug-likeness (QED) is 0.614. The lowest BCUT2D eigenvalue weighted by Gasteiger charge is -2.02. The molecule has 3 rings (SSSR count). The zero-order chi connectivity index (χ0) is 11.0. The summed E-state index contributed by atoms with van der Waals surface area (Å²) in [4.78, 5) is 10.8. The van der Waals surface area contributed by atoms with Crippen molar-refractivity contribution in [1.82, 2.24) is 4.57 Å². The number of rotatable bonds is 2. The number of thiophene rings is 1. The van der Waals surface area contributed by atoms with Gasteiger partial charge in [-0.1, -0.05) is 12.1 Å². The molecule has 0 aliphatic rings. The van der Waals surface area contributed by atoms with Crippen molar-refractivity contribution in [2.45, 2.75) is 0 Å². The average Bonchev–Trinajstić information content (AvgIpc) is 2.96. The highest BCUT2D eigenvalue weighted by molar-refractivity contribution is 7.08. The Morgan fingerprint density at radius 2 is 2.12 bits per heavy atom. The van der Waals surface area contributed by atoms with E-state index < -0.39 is 0 Å². The molecule has 0 atom stereocenters. The molecule has 78 valence electrons. The molecule has 0 spiro atoms. The molecule has 3 heteroatoms. The Morgan fingerprint density at radius 3 is 2.88 bits per heavy atom. The fraction of sp³-hybridized carbons (Fsp3) is 0. The van der Waals surface area contributed by atoms with Crippen molar-refractivity contribution in [3.8, 4) is 5.69 Å². The first kappa shape index (κ1) is 9.36. The number of aromatic nitrogens is 1. The van der Waals surface area contributed by atoms with Crippen LogP contribution in [0.1, 0.15) is 10.4 Å². The van der Waals surface area contributed by atoms with Crippen molar-refractivity contribution in [1.29, 1.82) is 0 Å². The summed E-state index contributed by atoms with van der Waals surface area (Å²) in [6.45, 7) is 0. The normalized spacial score (nSPS) is 10.8. The molecular formula is C13H9NOS. The first-order valence-corrected chi connectivity index (χ1v) is 5.91. The largest absolute Gasteiger partial charge is 0.316 e. The Balaban J connectivity index is 2.29. The fourth-order valence-electron chi connectivity index (χ4n) is 1.84. The van der Waals surface area contributed by atoms with Gasteiger partial charge in [0, 0.05) is 17.1 Å². The summed E-state index contributed by atoms with van der Waals surface area (Å²) in [6, 6.07) is 9.86. The van der Waals surface area contributed by atoms with E-state index in [0.29, 0.717) is 5.56 Å². The van der Waals surface area contributed by atoms with Crippen LogP contribution in [0, 0.1) is 0 Å². The smallest absolute Gasteiger partial charge is 0.150 e. The van der Waals surface area contributed by atoms with Crippen LogP contribution >= 0.6 is 11.3 Å². The maximum atomic E-state index is 10.8. The van der Waals surface area contributed by atoms with E-state index in [2.05, 4.69) is 22.1 Å². The summed E-state index contributed by atoms with van der Waals surface area (Å²) in [7, 11) is 0. The third-order valence-electron chi connectivity index (χ3n) is 2.64. The number of carbonyl (C=O) groups excluding carboxylic acids is 1. The van der Waals surface area contributed by atoms with Crippen LogP contribution in [0.5, 0.6) is 0 Å². The molecule has 0 unspecified atom stereocenters. The van der Waals surface area contributed by atoms with Gasteiger partial charge in [0.05, 0.1) is 11.2 Å². The lowest BCUT2D eigenvalue weighted by molar-refractivity contribution is 0.112. The van der Waals surface area contributed by atoms with Gasteiger partial charge in [-0.3, -0.25) is 4.79 Å². The molecule has 2 nitrogen and oxygen atoms in total. The van der Waals surface area contributed by atoms with Gasteiger partial charge in [-0.05, 0) is 29.0 Å². The Labute approximate surface area is 96.8 Å². The van der Waals surface area contributed by atoms with Crippen LogP contribution in [0.3, 0.4) is 0 Å². The van der Waals surface area contributed by atoms with Gasteiger partial charge >= 0.3 is 0 Å². The number of fused-ring (bicyclic) bond motifs is 1. The van der Waals surface area contributed by atoms with Gasteiger partial charge in [0.15, 0.2) is 0 Å². The maximum absolute atomic E-state index is 10.8. The summed E-state index contributed by atoms with van der Waals surface area (Å²) in [5.74, 6) is 0. The van der Waals surface area contributed by atoms with Crippen molar-refractivity contribution in [3.05, 3.63) is 52.9 Å². The first-order valence-electron chi connectivity index (χ1n) is 4.97. The number of hydrogen-bond donors (Lipinski definition) is 0. The molecule has 0 radical (unpaired) electrons. The number of carbonyl (C=O) groups is 1. The van der Waals surface area contributed by atoms with Crippen LogP contribution in [0.15, 0.2) is 47.3 Å². The van der Waals surface area contributed by atoms with Crippen LogP contribution in [0.4, 0.5) is 0 Å². The highest BCUT2D eigenvalue weighted by Gasteiger charge is 2.04. The van der Waals surface area contributed by atoms with Gasteiger partial charge in [0.25, 0.3) is 0 Å².